The fraction of sp³-hybridized carbons (Fsp3) is 0.107. The number of rotatable bonds is 6. The number of urea groups is 1. The topological polar surface area (TPSA) is 32.3 Å². The smallest absolute Gasteiger partial charge is 0.309 e. The highest BCUT2D eigenvalue weighted by Gasteiger charge is 2.31. The number of halogens is 4. The minimum atomic E-state index is -4.54. The molecule has 1 N–H and O–H groups in total. The SMILES string of the molecule is O=C(Nc1cccc(C(F)(F)F)c1)N(Cc1ccc(F)cc1)C(c1ccccc1)c1ccccc1. The molecule has 0 aromatic heterocycles. The van der Waals surface area contributed by atoms with E-state index in [1.165, 1.54) is 29.2 Å². The van der Waals surface area contributed by atoms with Crippen LogP contribution in [-0.4, -0.2) is 10.9 Å². The third-order valence-corrected chi connectivity index (χ3v) is 5.51. The average Bonchev–Trinajstić information content (AvgIpc) is 2.86. The molecule has 0 saturated carbocycles. The van der Waals surface area contributed by atoms with E-state index >= 15 is 0 Å². The maximum atomic E-state index is 13.6. The van der Waals surface area contributed by atoms with Gasteiger partial charge in [0.2, 0.25) is 0 Å². The third-order valence-electron chi connectivity index (χ3n) is 5.51. The molecular weight excluding hydrogens is 456 g/mol. The third kappa shape index (κ3) is 6.06. The van der Waals surface area contributed by atoms with E-state index in [0.29, 0.717) is 5.56 Å². The summed E-state index contributed by atoms with van der Waals surface area (Å²) in [7, 11) is 0. The first-order chi connectivity index (χ1) is 16.8. The van der Waals surface area contributed by atoms with Gasteiger partial charge in [0, 0.05) is 12.2 Å². The molecule has 0 fully saturated rings. The first-order valence-electron chi connectivity index (χ1n) is 10.9. The molecule has 4 aromatic carbocycles. The molecule has 4 rings (SSSR count). The van der Waals surface area contributed by atoms with Crippen molar-refractivity contribution >= 4 is 11.7 Å². The van der Waals surface area contributed by atoms with Crippen LogP contribution in [0, 0.1) is 5.82 Å². The Labute approximate surface area is 200 Å². The number of nitrogens with zero attached hydrogens (tertiary/aromatic N) is 1. The summed E-state index contributed by atoms with van der Waals surface area (Å²) in [6, 6.07) is 27.8. The molecule has 0 unspecified atom stereocenters. The molecule has 178 valence electrons. The molecule has 2 amide bonds. The molecule has 0 atom stereocenters. The minimum Gasteiger partial charge on any atom is -0.309 e. The van der Waals surface area contributed by atoms with Crippen LogP contribution in [0.1, 0.15) is 28.3 Å². The Morgan fingerprint density at radius 1 is 0.771 bits per heavy atom. The van der Waals surface area contributed by atoms with Gasteiger partial charge in [0.05, 0.1) is 11.6 Å². The van der Waals surface area contributed by atoms with Gasteiger partial charge >= 0.3 is 12.2 Å². The summed E-state index contributed by atoms with van der Waals surface area (Å²) in [4.78, 5) is 15.1. The summed E-state index contributed by atoms with van der Waals surface area (Å²) in [6.07, 6.45) is -4.54. The van der Waals surface area contributed by atoms with Gasteiger partial charge in [0.25, 0.3) is 0 Å². The van der Waals surface area contributed by atoms with Crippen LogP contribution in [0.5, 0.6) is 0 Å². The zero-order chi connectivity index (χ0) is 24.8. The number of carbonyl (C=O) groups is 1. The van der Waals surface area contributed by atoms with E-state index in [-0.39, 0.29) is 12.2 Å². The average molecular weight is 478 g/mol. The van der Waals surface area contributed by atoms with E-state index in [2.05, 4.69) is 5.32 Å². The van der Waals surface area contributed by atoms with Gasteiger partial charge in [-0.05, 0) is 47.0 Å². The van der Waals surface area contributed by atoms with Crippen LogP contribution in [0.2, 0.25) is 0 Å². The molecule has 0 heterocycles. The molecular formula is C28H22F4N2O. The van der Waals surface area contributed by atoms with Crippen molar-refractivity contribution in [3.05, 3.63) is 137 Å². The normalized spacial score (nSPS) is 11.3. The van der Waals surface area contributed by atoms with Gasteiger partial charge in [-0.25, -0.2) is 9.18 Å². The number of anilines is 1. The van der Waals surface area contributed by atoms with Crippen LogP contribution in [0.3, 0.4) is 0 Å². The predicted octanol–water partition coefficient (Wildman–Crippen LogP) is 7.67. The fourth-order valence-corrected chi connectivity index (χ4v) is 3.86. The number of alkyl halides is 3. The van der Waals surface area contributed by atoms with Crippen molar-refractivity contribution in [1.29, 1.82) is 0 Å². The van der Waals surface area contributed by atoms with Crippen LogP contribution < -0.4 is 5.32 Å². The Balaban J connectivity index is 1.75. The van der Waals surface area contributed by atoms with Crippen molar-refractivity contribution in [3.63, 3.8) is 0 Å². The van der Waals surface area contributed by atoms with Gasteiger partial charge in [-0.2, -0.15) is 13.2 Å². The van der Waals surface area contributed by atoms with E-state index in [4.69, 9.17) is 0 Å². The van der Waals surface area contributed by atoms with Crippen molar-refractivity contribution in [1.82, 2.24) is 4.90 Å². The van der Waals surface area contributed by atoms with E-state index in [1.807, 2.05) is 60.7 Å². The van der Waals surface area contributed by atoms with Crippen molar-refractivity contribution < 1.29 is 22.4 Å². The molecule has 0 aliphatic rings. The fourth-order valence-electron chi connectivity index (χ4n) is 3.86. The second-order valence-electron chi connectivity index (χ2n) is 7.99. The Morgan fingerprint density at radius 2 is 1.34 bits per heavy atom. The Morgan fingerprint density at radius 3 is 1.89 bits per heavy atom. The van der Waals surface area contributed by atoms with Crippen molar-refractivity contribution in [2.75, 3.05) is 5.32 Å². The van der Waals surface area contributed by atoms with Crippen LogP contribution >= 0.6 is 0 Å². The monoisotopic (exact) mass is 478 g/mol. The second kappa shape index (κ2) is 10.4. The Kier molecular flexibility index (Phi) is 7.15. The van der Waals surface area contributed by atoms with Gasteiger partial charge in [0.15, 0.2) is 0 Å². The molecule has 35 heavy (non-hydrogen) atoms. The predicted molar refractivity (Wildman–Crippen MR) is 127 cm³/mol. The van der Waals surface area contributed by atoms with Crippen LogP contribution in [-0.2, 0) is 12.7 Å². The highest BCUT2D eigenvalue weighted by atomic mass is 19.4. The van der Waals surface area contributed by atoms with E-state index in [1.54, 1.807) is 12.1 Å². The van der Waals surface area contributed by atoms with Gasteiger partial charge in [-0.15, -0.1) is 0 Å². The lowest BCUT2D eigenvalue weighted by atomic mass is 9.96. The molecule has 0 aliphatic carbocycles. The summed E-state index contributed by atoms with van der Waals surface area (Å²) in [6.45, 7) is 0.0968. The molecule has 7 heteroatoms. The molecule has 0 saturated heterocycles. The summed E-state index contributed by atoms with van der Waals surface area (Å²) in [5.41, 5.74) is 1.47. The maximum absolute atomic E-state index is 13.6. The lowest BCUT2D eigenvalue weighted by molar-refractivity contribution is -0.137. The van der Waals surface area contributed by atoms with Gasteiger partial charge in [-0.1, -0.05) is 78.9 Å². The van der Waals surface area contributed by atoms with E-state index in [0.717, 1.165) is 23.3 Å². The summed E-state index contributed by atoms with van der Waals surface area (Å²) in [5.74, 6) is -0.406. The standard InChI is InChI=1S/C28H22F4N2O/c29-24-16-14-20(15-17-24)19-34(27(35)33-25-13-7-12-23(18-25)28(30,31)32)26(21-8-3-1-4-9-21)22-10-5-2-6-11-22/h1-18,26H,19H2,(H,33,35). The molecule has 4 aromatic rings. The highest BCUT2D eigenvalue weighted by molar-refractivity contribution is 5.90. The van der Waals surface area contributed by atoms with E-state index < -0.39 is 29.6 Å². The minimum absolute atomic E-state index is 0.0220. The summed E-state index contributed by atoms with van der Waals surface area (Å²) in [5, 5.41) is 2.62. The number of carbonyl (C=O) groups excluding carboxylic acids is 1. The summed E-state index contributed by atoms with van der Waals surface area (Å²) < 4.78 is 53.1. The number of nitrogens with one attached hydrogen (secondary N) is 1. The maximum Gasteiger partial charge on any atom is 0.416 e. The van der Waals surface area contributed by atoms with Crippen LogP contribution in [0.25, 0.3) is 0 Å². The first kappa shape index (κ1) is 24.0. The van der Waals surface area contributed by atoms with E-state index in [9.17, 15) is 22.4 Å². The molecule has 0 bridgehead atoms. The lowest BCUT2D eigenvalue weighted by Crippen LogP contribution is -2.38. The Hall–Kier alpha value is -4.13. The van der Waals surface area contributed by atoms with Gasteiger partial charge < -0.3 is 10.2 Å². The second-order valence-corrected chi connectivity index (χ2v) is 7.99. The quantitative estimate of drug-likeness (QED) is 0.283. The number of hydrogen-bond acceptors (Lipinski definition) is 1. The van der Waals surface area contributed by atoms with Gasteiger partial charge in [0.1, 0.15) is 5.82 Å². The van der Waals surface area contributed by atoms with Crippen LogP contribution in [0.15, 0.2) is 109 Å². The Bertz CT molecular complexity index is 1220. The lowest BCUT2D eigenvalue weighted by Gasteiger charge is -2.33. The van der Waals surface area contributed by atoms with Crippen molar-refractivity contribution in [3.8, 4) is 0 Å². The van der Waals surface area contributed by atoms with Gasteiger partial charge in [-0.3, -0.25) is 0 Å². The zero-order valence-corrected chi connectivity index (χ0v) is 18.5. The highest BCUT2D eigenvalue weighted by Crippen LogP contribution is 2.33. The molecule has 3 nitrogen and oxygen atoms in total. The summed E-state index contributed by atoms with van der Waals surface area (Å²) >= 11 is 0. The van der Waals surface area contributed by atoms with Crippen molar-refractivity contribution in [2.45, 2.75) is 18.8 Å². The molecule has 0 aliphatic heterocycles. The molecule has 0 spiro atoms. The largest absolute Gasteiger partial charge is 0.416 e. The zero-order valence-electron chi connectivity index (χ0n) is 18.5. The number of hydrogen-bond donors (Lipinski definition) is 1. The van der Waals surface area contributed by atoms with Crippen LogP contribution in [0.4, 0.5) is 28.0 Å². The number of amides is 2. The first-order valence-corrected chi connectivity index (χ1v) is 10.9. The number of benzene rings is 4. The molecule has 0 radical (unpaired) electrons. The van der Waals surface area contributed by atoms with Crippen molar-refractivity contribution in [2.24, 2.45) is 0 Å².